The topological polar surface area (TPSA) is 52.0 Å². The van der Waals surface area contributed by atoms with Gasteiger partial charge in [0.05, 0.1) is 16.6 Å². The molecule has 0 bridgehead atoms. The molecule has 1 heterocycles. The number of hydrogen-bond donors (Lipinski definition) is 1. The molecule has 3 nitrogen and oxygen atoms in total. The van der Waals surface area contributed by atoms with E-state index >= 15 is 0 Å². The molecule has 1 aromatic heterocycles. The summed E-state index contributed by atoms with van der Waals surface area (Å²) in [6.45, 7) is 0.431. The van der Waals surface area contributed by atoms with Crippen molar-refractivity contribution in [3.8, 4) is 0 Å². The zero-order valence-electron chi connectivity index (χ0n) is 6.25. The summed E-state index contributed by atoms with van der Waals surface area (Å²) in [6, 6.07) is 3.66. The van der Waals surface area contributed by atoms with E-state index in [0.717, 1.165) is 10.9 Å². The molecule has 0 unspecified atom stereocenters. The fraction of sp³-hybridized carbons (Fsp3) is 0.125. The number of aromatic nitrogens is 1. The summed E-state index contributed by atoms with van der Waals surface area (Å²) in [4.78, 5) is 0. The van der Waals surface area contributed by atoms with Gasteiger partial charge in [-0.3, -0.25) is 0 Å². The van der Waals surface area contributed by atoms with Crippen molar-refractivity contribution >= 4 is 22.6 Å². The Morgan fingerprint density at radius 2 is 2.33 bits per heavy atom. The molecule has 2 N–H and O–H groups in total. The van der Waals surface area contributed by atoms with E-state index < -0.39 is 0 Å². The molecule has 0 radical (unpaired) electrons. The van der Waals surface area contributed by atoms with Crippen LogP contribution in [0.2, 0.25) is 5.02 Å². The maximum atomic E-state index is 6.00. The number of rotatable bonds is 1. The van der Waals surface area contributed by atoms with Crippen molar-refractivity contribution in [2.24, 2.45) is 5.73 Å². The summed E-state index contributed by atoms with van der Waals surface area (Å²) >= 11 is 6.00. The molecule has 0 aliphatic heterocycles. The van der Waals surface area contributed by atoms with Crippen LogP contribution < -0.4 is 5.73 Å². The highest BCUT2D eigenvalue weighted by Gasteiger charge is 2.06. The van der Waals surface area contributed by atoms with Crippen molar-refractivity contribution in [3.63, 3.8) is 0 Å². The Kier molecular flexibility index (Phi) is 1.75. The maximum Gasteiger partial charge on any atom is 0.168 e. The van der Waals surface area contributed by atoms with Gasteiger partial charge in [0.15, 0.2) is 5.58 Å². The molecule has 2 aromatic rings. The van der Waals surface area contributed by atoms with Gasteiger partial charge >= 0.3 is 0 Å². The van der Waals surface area contributed by atoms with Crippen LogP contribution in [0.15, 0.2) is 22.9 Å². The first-order chi connectivity index (χ1) is 5.83. The van der Waals surface area contributed by atoms with Crippen molar-refractivity contribution in [1.29, 1.82) is 0 Å². The highest BCUT2D eigenvalue weighted by molar-refractivity contribution is 6.36. The van der Waals surface area contributed by atoms with Gasteiger partial charge in [-0.1, -0.05) is 22.8 Å². The fourth-order valence-electron chi connectivity index (χ4n) is 1.11. The number of nitrogens with zero attached hydrogens (tertiary/aromatic N) is 1. The van der Waals surface area contributed by atoms with Crippen LogP contribution in [-0.4, -0.2) is 5.16 Å². The average Bonchev–Trinajstić information content (AvgIpc) is 2.53. The SMILES string of the molecule is NCc1ccc2oncc2c1Cl. The molecular formula is C8H7ClN2O. The largest absolute Gasteiger partial charge is 0.356 e. The van der Waals surface area contributed by atoms with Crippen molar-refractivity contribution < 1.29 is 4.52 Å². The lowest BCUT2D eigenvalue weighted by molar-refractivity contribution is 0.456. The van der Waals surface area contributed by atoms with Crippen LogP contribution in [0.5, 0.6) is 0 Å². The normalized spacial score (nSPS) is 10.8. The van der Waals surface area contributed by atoms with Crippen molar-refractivity contribution in [2.75, 3.05) is 0 Å². The first-order valence-corrected chi connectivity index (χ1v) is 3.92. The number of nitrogens with two attached hydrogens (primary N) is 1. The summed E-state index contributed by atoms with van der Waals surface area (Å²) in [7, 11) is 0. The Balaban J connectivity index is 2.78. The predicted molar refractivity (Wildman–Crippen MR) is 46.9 cm³/mol. The first kappa shape index (κ1) is 7.58. The quantitative estimate of drug-likeness (QED) is 0.734. The number of fused-ring (bicyclic) bond motifs is 1. The van der Waals surface area contributed by atoms with Crippen LogP contribution in [0.1, 0.15) is 5.56 Å². The van der Waals surface area contributed by atoms with Crippen molar-refractivity contribution in [2.45, 2.75) is 6.54 Å². The third-order valence-corrected chi connectivity index (χ3v) is 2.22. The third kappa shape index (κ3) is 0.983. The molecule has 12 heavy (non-hydrogen) atoms. The Hall–Kier alpha value is -1.06. The number of halogens is 1. The summed E-state index contributed by atoms with van der Waals surface area (Å²) in [5.41, 5.74) is 7.08. The summed E-state index contributed by atoms with van der Waals surface area (Å²) in [5, 5.41) is 5.09. The fourth-order valence-corrected chi connectivity index (χ4v) is 1.40. The Labute approximate surface area is 74.1 Å². The van der Waals surface area contributed by atoms with E-state index in [9.17, 15) is 0 Å². The van der Waals surface area contributed by atoms with Crippen LogP contribution in [0, 0.1) is 0 Å². The smallest absolute Gasteiger partial charge is 0.168 e. The molecule has 0 aliphatic rings. The van der Waals surface area contributed by atoms with Gasteiger partial charge in [-0.2, -0.15) is 0 Å². The van der Waals surface area contributed by atoms with Crippen LogP contribution in [0.25, 0.3) is 11.0 Å². The molecular weight excluding hydrogens is 176 g/mol. The predicted octanol–water partition coefficient (Wildman–Crippen LogP) is 1.94. The van der Waals surface area contributed by atoms with Gasteiger partial charge in [0, 0.05) is 6.54 Å². The van der Waals surface area contributed by atoms with E-state index in [2.05, 4.69) is 5.16 Å². The molecule has 1 aromatic carbocycles. The van der Waals surface area contributed by atoms with Gasteiger partial charge in [0.2, 0.25) is 0 Å². The zero-order valence-corrected chi connectivity index (χ0v) is 7.01. The van der Waals surface area contributed by atoms with E-state index in [1.807, 2.05) is 12.1 Å². The average molecular weight is 183 g/mol. The lowest BCUT2D eigenvalue weighted by atomic mass is 10.2. The molecule has 2 rings (SSSR count). The van der Waals surface area contributed by atoms with Gasteiger partial charge in [-0.15, -0.1) is 0 Å². The minimum atomic E-state index is 0.431. The monoisotopic (exact) mass is 182 g/mol. The van der Waals surface area contributed by atoms with E-state index in [0.29, 0.717) is 17.2 Å². The number of hydrogen-bond acceptors (Lipinski definition) is 3. The van der Waals surface area contributed by atoms with Crippen LogP contribution in [0.3, 0.4) is 0 Å². The lowest BCUT2D eigenvalue weighted by Crippen LogP contribution is -1.96. The van der Waals surface area contributed by atoms with Crippen molar-refractivity contribution in [1.82, 2.24) is 5.16 Å². The molecule has 0 atom stereocenters. The summed E-state index contributed by atoms with van der Waals surface area (Å²) in [5.74, 6) is 0. The molecule has 4 heteroatoms. The molecule has 62 valence electrons. The van der Waals surface area contributed by atoms with Gasteiger partial charge in [0.1, 0.15) is 0 Å². The molecule has 0 aliphatic carbocycles. The lowest BCUT2D eigenvalue weighted by Gasteiger charge is -1.98. The van der Waals surface area contributed by atoms with Gasteiger partial charge in [-0.25, -0.2) is 0 Å². The standard InChI is InChI=1S/C8H7ClN2O/c9-8-5(3-10)1-2-7-6(8)4-11-12-7/h1-2,4H,3,10H2. The van der Waals surface area contributed by atoms with Crippen molar-refractivity contribution in [3.05, 3.63) is 28.9 Å². The van der Waals surface area contributed by atoms with Crippen LogP contribution in [-0.2, 0) is 6.54 Å². The molecule has 0 saturated carbocycles. The minimum absolute atomic E-state index is 0.431. The Morgan fingerprint density at radius 1 is 1.50 bits per heavy atom. The Morgan fingerprint density at radius 3 is 3.08 bits per heavy atom. The van der Waals surface area contributed by atoms with E-state index in [1.165, 1.54) is 0 Å². The summed E-state index contributed by atoms with van der Waals surface area (Å²) in [6.07, 6.45) is 1.59. The maximum absolute atomic E-state index is 6.00. The molecule has 0 amide bonds. The second-order valence-electron chi connectivity index (χ2n) is 2.48. The van der Waals surface area contributed by atoms with E-state index in [-0.39, 0.29) is 0 Å². The first-order valence-electron chi connectivity index (χ1n) is 3.55. The second kappa shape index (κ2) is 2.77. The van der Waals surface area contributed by atoms with Crippen LogP contribution >= 0.6 is 11.6 Å². The van der Waals surface area contributed by atoms with E-state index in [4.69, 9.17) is 21.9 Å². The molecule has 0 saturated heterocycles. The highest BCUT2D eigenvalue weighted by Crippen LogP contribution is 2.26. The number of benzene rings is 1. The van der Waals surface area contributed by atoms with Gasteiger partial charge in [-0.05, 0) is 11.6 Å². The van der Waals surface area contributed by atoms with Gasteiger partial charge in [0.25, 0.3) is 0 Å². The van der Waals surface area contributed by atoms with Gasteiger partial charge < -0.3 is 10.3 Å². The minimum Gasteiger partial charge on any atom is -0.356 e. The molecule has 0 spiro atoms. The third-order valence-electron chi connectivity index (χ3n) is 1.77. The summed E-state index contributed by atoms with van der Waals surface area (Å²) < 4.78 is 4.92. The second-order valence-corrected chi connectivity index (χ2v) is 2.86. The molecule has 0 fully saturated rings. The van der Waals surface area contributed by atoms with E-state index in [1.54, 1.807) is 6.20 Å². The zero-order chi connectivity index (χ0) is 8.55. The highest BCUT2D eigenvalue weighted by atomic mass is 35.5. The van der Waals surface area contributed by atoms with Crippen LogP contribution in [0.4, 0.5) is 0 Å². The Bertz CT molecular complexity index is 410.